The number of fused-ring (bicyclic) bond motifs is 1. The van der Waals surface area contributed by atoms with E-state index in [0.717, 1.165) is 23.0 Å². The van der Waals surface area contributed by atoms with Crippen molar-refractivity contribution in [1.82, 2.24) is 9.88 Å². The molecule has 1 aromatic heterocycles. The van der Waals surface area contributed by atoms with E-state index < -0.39 is 11.8 Å². The Labute approximate surface area is 181 Å². The van der Waals surface area contributed by atoms with Gasteiger partial charge in [-0.05, 0) is 54.9 Å². The molecule has 2 heterocycles. The monoisotopic (exact) mass is 417 g/mol. The highest BCUT2D eigenvalue weighted by Gasteiger charge is 2.34. The number of nitrogens with one attached hydrogen (secondary N) is 1. The Morgan fingerprint density at radius 3 is 2.43 bits per heavy atom. The number of aromatic nitrogens is 1. The van der Waals surface area contributed by atoms with Crippen molar-refractivity contribution in [1.29, 1.82) is 0 Å². The fourth-order valence-corrected chi connectivity index (χ4v) is 3.99. The summed E-state index contributed by atoms with van der Waals surface area (Å²) in [5, 5.41) is 3.74. The number of para-hydroxylation sites is 1. The number of benzene rings is 2. The van der Waals surface area contributed by atoms with Crippen LogP contribution in [0.25, 0.3) is 17.0 Å². The van der Waals surface area contributed by atoms with Crippen molar-refractivity contribution in [3.8, 4) is 0 Å². The Morgan fingerprint density at radius 1 is 1.07 bits per heavy atom. The van der Waals surface area contributed by atoms with Crippen LogP contribution in [0.1, 0.15) is 37.8 Å². The minimum atomic E-state index is -0.478. The zero-order chi connectivity index (χ0) is 21.4. The lowest BCUT2D eigenvalue weighted by Gasteiger charge is -2.29. The molecular formula is C24H23N3O2S. The predicted molar refractivity (Wildman–Crippen MR) is 124 cm³/mol. The maximum atomic E-state index is 13.3. The van der Waals surface area contributed by atoms with Crippen molar-refractivity contribution < 1.29 is 9.59 Å². The Bertz CT molecular complexity index is 1190. The Hall–Kier alpha value is -3.25. The van der Waals surface area contributed by atoms with Gasteiger partial charge in [0.25, 0.3) is 11.8 Å². The maximum Gasteiger partial charge on any atom is 0.270 e. The van der Waals surface area contributed by atoms with Crippen LogP contribution in [0.3, 0.4) is 0 Å². The predicted octanol–water partition coefficient (Wildman–Crippen LogP) is 4.62. The Kier molecular flexibility index (Phi) is 5.26. The van der Waals surface area contributed by atoms with Gasteiger partial charge in [-0.2, -0.15) is 0 Å². The number of hydrogen-bond acceptors (Lipinski definition) is 3. The highest BCUT2D eigenvalue weighted by atomic mass is 32.1. The van der Waals surface area contributed by atoms with E-state index in [4.69, 9.17) is 12.2 Å². The normalized spacial score (nSPS) is 16.1. The molecule has 0 saturated carbocycles. The second-order valence-corrected chi connectivity index (χ2v) is 7.98. The van der Waals surface area contributed by atoms with Gasteiger partial charge in [0, 0.05) is 29.2 Å². The molecule has 0 radical (unpaired) electrons. The molecule has 2 aromatic carbocycles. The van der Waals surface area contributed by atoms with Gasteiger partial charge in [0.1, 0.15) is 5.57 Å². The average molecular weight is 418 g/mol. The van der Waals surface area contributed by atoms with Crippen molar-refractivity contribution in [3.63, 3.8) is 0 Å². The van der Waals surface area contributed by atoms with Gasteiger partial charge in [-0.3, -0.25) is 19.8 Å². The number of nitrogens with zero attached hydrogens (tertiary/aromatic N) is 2. The highest BCUT2D eigenvalue weighted by Crippen LogP contribution is 2.27. The van der Waals surface area contributed by atoms with Crippen LogP contribution >= 0.6 is 12.2 Å². The SMILES string of the molecule is CCn1cc(/C=C2/C(=O)NC(=S)N(c3ccc(C(C)C)cc3)C2=O)c2ccccc21. The molecule has 2 amide bonds. The molecular weight excluding hydrogens is 394 g/mol. The summed E-state index contributed by atoms with van der Waals surface area (Å²) in [5.41, 5.74) is 3.76. The summed E-state index contributed by atoms with van der Waals surface area (Å²) in [7, 11) is 0. The molecule has 5 nitrogen and oxygen atoms in total. The van der Waals surface area contributed by atoms with E-state index in [1.54, 1.807) is 6.08 Å². The molecule has 1 N–H and O–H groups in total. The smallest absolute Gasteiger partial charge is 0.270 e. The number of carbonyl (C=O) groups is 2. The van der Waals surface area contributed by atoms with Crippen LogP contribution < -0.4 is 10.2 Å². The topological polar surface area (TPSA) is 54.3 Å². The number of carbonyl (C=O) groups excluding carboxylic acids is 2. The lowest BCUT2D eigenvalue weighted by Crippen LogP contribution is -2.54. The van der Waals surface area contributed by atoms with E-state index in [0.29, 0.717) is 11.6 Å². The molecule has 0 bridgehead atoms. The molecule has 30 heavy (non-hydrogen) atoms. The maximum absolute atomic E-state index is 13.3. The quantitative estimate of drug-likeness (QED) is 0.383. The fraction of sp³-hybridized carbons (Fsp3) is 0.208. The molecule has 1 aliphatic rings. The largest absolute Gasteiger partial charge is 0.347 e. The Morgan fingerprint density at radius 2 is 1.77 bits per heavy atom. The van der Waals surface area contributed by atoms with Gasteiger partial charge in [0.2, 0.25) is 0 Å². The molecule has 1 saturated heterocycles. The summed E-state index contributed by atoms with van der Waals surface area (Å²) in [6, 6.07) is 15.6. The number of amides is 2. The van der Waals surface area contributed by atoms with Gasteiger partial charge in [0.15, 0.2) is 5.11 Å². The lowest BCUT2D eigenvalue weighted by molar-refractivity contribution is -0.122. The van der Waals surface area contributed by atoms with Crippen LogP contribution in [0.4, 0.5) is 5.69 Å². The number of anilines is 1. The summed E-state index contributed by atoms with van der Waals surface area (Å²) in [6.45, 7) is 7.07. The van der Waals surface area contributed by atoms with Gasteiger partial charge in [-0.25, -0.2) is 0 Å². The lowest BCUT2D eigenvalue weighted by atomic mass is 10.0. The molecule has 3 aromatic rings. The van der Waals surface area contributed by atoms with Crippen LogP contribution in [0.2, 0.25) is 0 Å². The summed E-state index contributed by atoms with van der Waals surface area (Å²) >= 11 is 5.31. The Balaban J connectivity index is 1.76. The highest BCUT2D eigenvalue weighted by molar-refractivity contribution is 7.80. The minimum Gasteiger partial charge on any atom is -0.347 e. The summed E-state index contributed by atoms with van der Waals surface area (Å²) in [4.78, 5) is 27.3. The molecule has 0 aliphatic carbocycles. The summed E-state index contributed by atoms with van der Waals surface area (Å²) < 4.78 is 2.10. The fourth-order valence-electron chi connectivity index (χ4n) is 3.71. The first-order valence-corrected chi connectivity index (χ1v) is 10.4. The van der Waals surface area contributed by atoms with E-state index in [9.17, 15) is 9.59 Å². The van der Waals surface area contributed by atoms with Crippen LogP contribution in [-0.2, 0) is 16.1 Å². The standard InChI is InChI=1S/C24H23N3O2S/c1-4-26-14-17(19-7-5-6-8-21(19)26)13-20-22(28)25-24(30)27(23(20)29)18-11-9-16(10-12-18)15(2)3/h5-15H,4H2,1-3H3,(H,25,28,30)/b20-13-. The van der Waals surface area contributed by atoms with Gasteiger partial charge >= 0.3 is 0 Å². The van der Waals surface area contributed by atoms with Crippen molar-refractivity contribution in [3.05, 3.63) is 71.4 Å². The molecule has 0 unspecified atom stereocenters. The van der Waals surface area contributed by atoms with E-state index in [-0.39, 0.29) is 10.7 Å². The van der Waals surface area contributed by atoms with Crippen molar-refractivity contribution in [2.45, 2.75) is 33.2 Å². The van der Waals surface area contributed by atoms with Gasteiger partial charge in [0.05, 0.1) is 5.69 Å². The number of thiocarbonyl (C=S) groups is 1. The molecule has 0 atom stereocenters. The zero-order valence-electron chi connectivity index (χ0n) is 17.2. The van der Waals surface area contributed by atoms with E-state index in [1.165, 1.54) is 10.5 Å². The molecule has 6 heteroatoms. The van der Waals surface area contributed by atoms with Gasteiger partial charge < -0.3 is 4.57 Å². The first kappa shape index (κ1) is 20.0. The van der Waals surface area contributed by atoms with Crippen molar-refractivity contribution in [2.75, 3.05) is 4.90 Å². The minimum absolute atomic E-state index is 0.0653. The third-order valence-corrected chi connectivity index (χ3v) is 5.66. The van der Waals surface area contributed by atoms with Crippen LogP contribution in [0.15, 0.2) is 60.3 Å². The first-order chi connectivity index (χ1) is 14.4. The summed E-state index contributed by atoms with van der Waals surface area (Å²) in [5.74, 6) is -0.517. The molecule has 4 rings (SSSR count). The molecule has 0 spiro atoms. The summed E-state index contributed by atoms with van der Waals surface area (Å²) in [6.07, 6.45) is 3.62. The first-order valence-electron chi connectivity index (χ1n) is 10.00. The molecule has 1 fully saturated rings. The zero-order valence-corrected chi connectivity index (χ0v) is 18.0. The van der Waals surface area contributed by atoms with Crippen LogP contribution in [0, 0.1) is 0 Å². The van der Waals surface area contributed by atoms with Crippen molar-refractivity contribution >= 4 is 51.8 Å². The molecule has 1 aliphatic heterocycles. The number of hydrogen-bond donors (Lipinski definition) is 1. The van der Waals surface area contributed by atoms with E-state index >= 15 is 0 Å². The second kappa shape index (κ2) is 7.88. The van der Waals surface area contributed by atoms with Crippen LogP contribution in [0.5, 0.6) is 0 Å². The number of rotatable bonds is 4. The third-order valence-electron chi connectivity index (χ3n) is 5.38. The van der Waals surface area contributed by atoms with Crippen LogP contribution in [-0.4, -0.2) is 21.5 Å². The second-order valence-electron chi connectivity index (χ2n) is 7.59. The number of aryl methyl sites for hydroxylation is 1. The molecule has 152 valence electrons. The van der Waals surface area contributed by atoms with Gasteiger partial charge in [-0.1, -0.05) is 44.2 Å². The van der Waals surface area contributed by atoms with E-state index in [2.05, 4.69) is 30.7 Å². The van der Waals surface area contributed by atoms with Crippen molar-refractivity contribution in [2.24, 2.45) is 0 Å². The third kappa shape index (κ3) is 3.44. The average Bonchev–Trinajstić information content (AvgIpc) is 3.09. The van der Waals surface area contributed by atoms with E-state index in [1.807, 2.05) is 54.7 Å². The van der Waals surface area contributed by atoms with Gasteiger partial charge in [-0.15, -0.1) is 0 Å².